The van der Waals surface area contributed by atoms with Gasteiger partial charge in [-0.1, -0.05) is 0 Å². The van der Waals surface area contributed by atoms with Gasteiger partial charge in [-0.05, 0) is 26.8 Å². The predicted molar refractivity (Wildman–Crippen MR) is 72.1 cm³/mol. The normalized spacial score (nSPS) is 10.3. The zero-order valence-electron chi connectivity index (χ0n) is 10.2. The minimum Gasteiger partial charge on any atom is -0.465 e. The molecule has 0 spiro atoms. The maximum atomic E-state index is 11.9. The summed E-state index contributed by atoms with van der Waals surface area (Å²) in [6, 6.07) is 1.91. The van der Waals surface area contributed by atoms with E-state index in [9.17, 15) is 9.59 Å². The van der Waals surface area contributed by atoms with E-state index in [1.54, 1.807) is 18.3 Å². The molecule has 1 aromatic rings. The van der Waals surface area contributed by atoms with Gasteiger partial charge in [0.05, 0.1) is 18.1 Å². The van der Waals surface area contributed by atoms with Crippen molar-refractivity contribution in [3.8, 4) is 0 Å². The molecular formula is C12H16O3S2. The Morgan fingerprint density at radius 3 is 2.59 bits per heavy atom. The smallest absolute Gasteiger partial charge is 0.315 e. The third-order valence-electron chi connectivity index (χ3n) is 2.10. The molecular weight excluding hydrogens is 256 g/mol. The van der Waals surface area contributed by atoms with Crippen LogP contribution >= 0.6 is 23.1 Å². The molecule has 0 atom stereocenters. The first-order valence-corrected chi connectivity index (χ1v) is 7.35. The molecule has 0 aliphatic heterocycles. The monoisotopic (exact) mass is 272 g/mol. The van der Waals surface area contributed by atoms with Crippen LogP contribution in [0.1, 0.15) is 27.0 Å². The van der Waals surface area contributed by atoms with Gasteiger partial charge in [-0.2, -0.15) is 0 Å². The van der Waals surface area contributed by atoms with Crippen LogP contribution in [-0.2, 0) is 9.53 Å². The van der Waals surface area contributed by atoms with E-state index in [1.165, 1.54) is 11.8 Å². The van der Waals surface area contributed by atoms with Crippen LogP contribution in [-0.4, -0.2) is 29.9 Å². The third kappa shape index (κ3) is 4.52. The summed E-state index contributed by atoms with van der Waals surface area (Å²) < 4.78 is 4.79. The fourth-order valence-corrected chi connectivity index (χ4v) is 3.05. The Labute approximate surface area is 110 Å². The molecule has 0 radical (unpaired) electrons. The van der Waals surface area contributed by atoms with Gasteiger partial charge in [0.15, 0.2) is 5.78 Å². The van der Waals surface area contributed by atoms with Crippen molar-refractivity contribution in [2.75, 3.05) is 18.1 Å². The zero-order chi connectivity index (χ0) is 12.8. The van der Waals surface area contributed by atoms with Crippen molar-refractivity contribution in [1.82, 2.24) is 0 Å². The minimum atomic E-state index is -0.261. The van der Waals surface area contributed by atoms with E-state index >= 15 is 0 Å². The van der Waals surface area contributed by atoms with Crippen LogP contribution in [0.15, 0.2) is 6.07 Å². The fourth-order valence-electron chi connectivity index (χ4n) is 1.42. The summed E-state index contributed by atoms with van der Waals surface area (Å²) in [4.78, 5) is 25.1. The molecule has 3 nitrogen and oxygen atoms in total. The van der Waals surface area contributed by atoms with E-state index in [0.717, 1.165) is 15.3 Å². The van der Waals surface area contributed by atoms with Gasteiger partial charge in [0, 0.05) is 15.3 Å². The van der Waals surface area contributed by atoms with Crippen LogP contribution < -0.4 is 0 Å². The van der Waals surface area contributed by atoms with Gasteiger partial charge in [-0.25, -0.2) is 0 Å². The van der Waals surface area contributed by atoms with Gasteiger partial charge in [-0.15, -0.1) is 23.1 Å². The average Bonchev–Trinajstić information content (AvgIpc) is 2.58. The zero-order valence-corrected chi connectivity index (χ0v) is 11.9. The molecule has 0 aromatic carbocycles. The van der Waals surface area contributed by atoms with Crippen molar-refractivity contribution in [2.45, 2.75) is 20.8 Å². The Morgan fingerprint density at radius 1 is 1.35 bits per heavy atom. The topological polar surface area (TPSA) is 43.4 Å². The molecule has 17 heavy (non-hydrogen) atoms. The Balaban J connectivity index is 2.40. The Morgan fingerprint density at radius 2 is 2.06 bits per heavy atom. The third-order valence-corrected chi connectivity index (χ3v) is 3.97. The van der Waals surface area contributed by atoms with Crippen molar-refractivity contribution < 1.29 is 14.3 Å². The number of thioether (sulfide) groups is 1. The maximum absolute atomic E-state index is 11.9. The molecule has 0 saturated heterocycles. The summed E-state index contributed by atoms with van der Waals surface area (Å²) in [6.07, 6.45) is 0. The average molecular weight is 272 g/mol. The molecule has 0 aliphatic rings. The number of aryl methyl sites for hydroxylation is 2. The lowest BCUT2D eigenvalue weighted by Crippen LogP contribution is -2.10. The van der Waals surface area contributed by atoms with Crippen molar-refractivity contribution in [1.29, 1.82) is 0 Å². The SMILES string of the molecule is CCOC(=O)CSCC(=O)c1cc(C)sc1C. The number of rotatable bonds is 6. The molecule has 0 fully saturated rings. The first kappa shape index (κ1) is 14.3. The molecule has 1 heterocycles. The van der Waals surface area contributed by atoms with E-state index in [0.29, 0.717) is 12.4 Å². The highest BCUT2D eigenvalue weighted by Crippen LogP contribution is 2.22. The molecule has 0 bridgehead atoms. The second-order valence-electron chi connectivity index (χ2n) is 3.55. The lowest BCUT2D eigenvalue weighted by Gasteiger charge is -2.01. The number of carbonyl (C=O) groups is 2. The summed E-state index contributed by atoms with van der Waals surface area (Å²) in [5, 5.41) is 0. The summed E-state index contributed by atoms with van der Waals surface area (Å²) >= 11 is 2.93. The maximum Gasteiger partial charge on any atom is 0.315 e. The summed E-state index contributed by atoms with van der Waals surface area (Å²) in [6.45, 7) is 6.09. The lowest BCUT2D eigenvalue weighted by molar-refractivity contribution is -0.139. The number of hydrogen-bond donors (Lipinski definition) is 0. The standard InChI is InChI=1S/C12H16O3S2/c1-4-15-12(14)7-16-6-11(13)10-5-8(2)17-9(10)3/h5H,4,6-7H2,1-3H3. The fraction of sp³-hybridized carbons (Fsp3) is 0.500. The van der Waals surface area contributed by atoms with Crippen LogP contribution in [0.2, 0.25) is 0 Å². The molecule has 0 N–H and O–H groups in total. The first-order valence-electron chi connectivity index (χ1n) is 5.38. The van der Waals surface area contributed by atoms with Gasteiger partial charge in [-0.3, -0.25) is 9.59 Å². The number of thiophene rings is 1. The number of hydrogen-bond acceptors (Lipinski definition) is 5. The number of ether oxygens (including phenoxy) is 1. The molecule has 1 aromatic heterocycles. The molecule has 0 aliphatic carbocycles. The minimum absolute atomic E-state index is 0.0844. The van der Waals surface area contributed by atoms with E-state index in [1.807, 2.05) is 19.9 Å². The van der Waals surface area contributed by atoms with Crippen LogP contribution in [0.25, 0.3) is 0 Å². The summed E-state index contributed by atoms with van der Waals surface area (Å²) in [5.41, 5.74) is 0.781. The van der Waals surface area contributed by atoms with Gasteiger partial charge < -0.3 is 4.74 Å². The first-order chi connectivity index (χ1) is 8.04. The molecule has 0 unspecified atom stereocenters. The molecule has 0 saturated carbocycles. The van der Waals surface area contributed by atoms with Crippen molar-refractivity contribution in [2.24, 2.45) is 0 Å². The van der Waals surface area contributed by atoms with E-state index in [4.69, 9.17) is 4.74 Å². The van der Waals surface area contributed by atoms with Gasteiger partial charge >= 0.3 is 5.97 Å². The molecule has 0 amide bonds. The second kappa shape index (κ2) is 6.81. The van der Waals surface area contributed by atoms with Crippen LogP contribution in [0.3, 0.4) is 0 Å². The Bertz CT molecular complexity index is 410. The van der Waals surface area contributed by atoms with Crippen molar-refractivity contribution in [3.63, 3.8) is 0 Å². The largest absolute Gasteiger partial charge is 0.465 e. The molecule has 94 valence electrons. The molecule has 5 heteroatoms. The van der Waals surface area contributed by atoms with Crippen LogP contribution in [0, 0.1) is 13.8 Å². The number of Topliss-reactive ketones (excluding diaryl/α,β-unsaturated/α-hetero) is 1. The quantitative estimate of drug-likeness (QED) is 0.590. The molecule has 1 rings (SSSR count). The summed E-state index contributed by atoms with van der Waals surface area (Å²) in [5.74, 6) is 0.391. The second-order valence-corrected chi connectivity index (χ2v) is 5.99. The van der Waals surface area contributed by atoms with E-state index in [-0.39, 0.29) is 17.5 Å². The Hall–Kier alpha value is -0.810. The van der Waals surface area contributed by atoms with Gasteiger partial charge in [0.1, 0.15) is 0 Å². The van der Waals surface area contributed by atoms with E-state index in [2.05, 4.69) is 0 Å². The van der Waals surface area contributed by atoms with Crippen molar-refractivity contribution in [3.05, 3.63) is 21.4 Å². The lowest BCUT2D eigenvalue weighted by atomic mass is 10.2. The Kier molecular flexibility index (Phi) is 5.71. The van der Waals surface area contributed by atoms with Gasteiger partial charge in [0.2, 0.25) is 0 Å². The highest BCUT2D eigenvalue weighted by molar-refractivity contribution is 8.00. The highest BCUT2D eigenvalue weighted by atomic mass is 32.2. The summed E-state index contributed by atoms with van der Waals surface area (Å²) in [7, 11) is 0. The number of esters is 1. The van der Waals surface area contributed by atoms with E-state index < -0.39 is 0 Å². The highest BCUT2D eigenvalue weighted by Gasteiger charge is 2.12. The van der Waals surface area contributed by atoms with Crippen LogP contribution in [0.5, 0.6) is 0 Å². The number of carbonyl (C=O) groups excluding carboxylic acids is 2. The number of ketones is 1. The van der Waals surface area contributed by atoms with Crippen molar-refractivity contribution >= 4 is 34.9 Å². The predicted octanol–water partition coefficient (Wildman–Crippen LogP) is 2.84. The van der Waals surface area contributed by atoms with Gasteiger partial charge in [0.25, 0.3) is 0 Å². The van der Waals surface area contributed by atoms with Crippen LogP contribution in [0.4, 0.5) is 0 Å².